The molecular formula is C67H12AlF56NO2. The van der Waals surface area contributed by atoms with E-state index >= 15 is 0 Å². The van der Waals surface area contributed by atoms with Crippen LogP contribution in [0.25, 0.3) is 55.6 Å². The Morgan fingerprint density at radius 3 is 0.370 bits per heavy atom. The third kappa shape index (κ3) is 19.6. The van der Waals surface area contributed by atoms with E-state index in [1.807, 2.05) is 0 Å². The molecule has 0 spiro atoms. The zero-order valence-electron chi connectivity index (χ0n) is 58.0. The zero-order valence-corrected chi connectivity index (χ0v) is 59.2. The first-order chi connectivity index (χ1) is 58.0. The van der Waals surface area contributed by atoms with Crippen LogP contribution < -0.4 is 5.32 Å². The molecule has 0 amide bonds. The van der Waals surface area contributed by atoms with Crippen molar-refractivity contribution in [1.29, 1.82) is 0 Å². The second kappa shape index (κ2) is 40.6. The quantitative estimate of drug-likeness (QED) is 0.0690. The zero-order chi connectivity index (χ0) is 99.0. The molecule has 0 aliphatic carbocycles. The fourth-order valence-corrected chi connectivity index (χ4v) is 9.28. The number of rotatable bonds is 8. The molecule has 692 valence electrons. The Hall–Kier alpha value is -11.6. The Bertz CT molecular complexity index is 4970. The summed E-state index contributed by atoms with van der Waals surface area (Å²) in [5.74, 6) is -141. The minimum absolute atomic E-state index is 1.09. The van der Waals surface area contributed by atoms with Gasteiger partial charge in [-0.3, -0.25) is 0 Å². The van der Waals surface area contributed by atoms with Gasteiger partial charge in [0.1, 0.15) is 5.56 Å². The molecule has 0 atom stereocenters. The molecule has 0 aliphatic rings. The van der Waals surface area contributed by atoms with Gasteiger partial charge in [-0.25, -0.2) is 211 Å². The molecule has 0 saturated carbocycles. The van der Waals surface area contributed by atoms with Gasteiger partial charge in [0, 0.05) is 5.56 Å². The Morgan fingerprint density at radius 2 is 0.276 bits per heavy atom. The molecule has 0 unspecified atom stereocenters. The summed E-state index contributed by atoms with van der Waals surface area (Å²) in [6.07, 6.45) is -13.7. The number of halogens is 56. The molecule has 60 heteroatoms. The number of benzene rings is 10. The molecule has 0 bridgehead atoms. The monoisotopic (exact) mass is 1950 g/mol. The first kappa shape index (κ1) is 108. The number of hydrogen-bond acceptors (Lipinski definition) is 2. The van der Waals surface area contributed by atoms with Crippen molar-refractivity contribution in [3.05, 3.63) is 290 Å². The van der Waals surface area contributed by atoms with E-state index in [2.05, 4.69) is 19.2 Å². The molecule has 10 aromatic rings. The van der Waals surface area contributed by atoms with Crippen LogP contribution in [0.3, 0.4) is 0 Å². The average molecular weight is 1950 g/mol. The van der Waals surface area contributed by atoms with Gasteiger partial charge in [-0.05, 0) is 13.1 Å². The predicted molar refractivity (Wildman–Crippen MR) is 305 cm³/mol. The van der Waals surface area contributed by atoms with E-state index in [4.69, 9.17) is 7.96 Å². The maximum absolute atomic E-state index is 13.9. The summed E-state index contributed by atoms with van der Waals surface area (Å²) >= 11 is -1.50. The van der Waals surface area contributed by atoms with Gasteiger partial charge in [-0.15, -0.1) is 0 Å². The van der Waals surface area contributed by atoms with Crippen molar-refractivity contribution < 1.29 is 254 Å². The molecule has 0 fully saturated rings. The first-order valence-electron chi connectivity index (χ1n) is 30.2. The second-order valence-corrected chi connectivity index (χ2v) is 22.4. The molecular weight excluding hydrogens is 1940 g/mol. The van der Waals surface area contributed by atoms with E-state index in [-0.39, 0.29) is 0 Å². The van der Waals surface area contributed by atoms with Gasteiger partial charge in [0.2, 0.25) is 52.4 Å². The van der Waals surface area contributed by atoms with E-state index in [0.717, 1.165) is 13.1 Å². The van der Waals surface area contributed by atoms with Crippen LogP contribution in [0, 0.1) is 279 Å². The first-order valence-corrected chi connectivity index (χ1v) is 31.2. The van der Waals surface area contributed by atoms with Gasteiger partial charge in [0.25, 0.3) is 0 Å². The Morgan fingerprint density at radius 1 is 0.181 bits per heavy atom. The SMILES string of the molecule is CCNCC.Fc1c(F)c(F)c(-c2c(C(F)(F)F)c(F)c(F)c(F)c2C(F)(F)C(F)(F)F)c(F)c1F.Fc1c(F)c(F)c(-c2c(F)c(F)c(F)c(F)c2F)c(F)c1F.Fc1c(F)c(F)c(-c2c(F)c(F)c(F)c(F)c2F)c(F)c1F.Fc1c(F)c(F)c(-c2c(F)c(F)c(F)c(F)c2F)c(F)c1F.Fc1c(F)c(F)c(-c2c(F)c(F)c(F)c(F)c2F)c(F)c1F.[O]=[Al][OH]. The van der Waals surface area contributed by atoms with Crippen molar-refractivity contribution in [3.8, 4) is 55.6 Å². The van der Waals surface area contributed by atoms with E-state index in [9.17, 15) is 246 Å². The second-order valence-electron chi connectivity index (χ2n) is 22.2. The molecule has 0 aliphatic heterocycles. The van der Waals surface area contributed by atoms with Crippen molar-refractivity contribution in [2.45, 2.75) is 32.1 Å². The van der Waals surface area contributed by atoms with Gasteiger partial charge in [-0.2, -0.15) is 35.1 Å². The van der Waals surface area contributed by atoms with Crippen molar-refractivity contribution in [2.24, 2.45) is 0 Å². The molecule has 2 N–H and O–H groups in total. The van der Waals surface area contributed by atoms with E-state index in [0.29, 0.717) is 0 Å². The summed E-state index contributed by atoms with van der Waals surface area (Å²) in [7, 11) is 0. The summed E-state index contributed by atoms with van der Waals surface area (Å²) in [6.45, 7) is 6.39. The molecule has 0 radical (unpaired) electrons. The van der Waals surface area contributed by atoms with Gasteiger partial charge in [0.15, 0.2) is 227 Å². The van der Waals surface area contributed by atoms with Crippen LogP contribution >= 0.6 is 0 Å². The fourth-order valence-electron chi connectivity index (χ4n) is 9.28. The van der Waals surface area contributed by atoms with Crippen LogP contribution in [0.1, 0.15) is 25.0 Å². The molecule has 10 rings (SSSR count). The van der Waals surface area contributed by atoms with Crippen LogP contribution in [0.5, 0.6) is 0 Å². The topological polar surface area (TPSA) is 49.3 Å². The number of hydrogen-bond donors (Lipinski definition) is 2. The summed E-state index contributed by atoms with van der Waals surface area (Å²) in [6, 6.07) is 0. The average Bonchev–Trinajstić information content (AvgIpc) is 0.713. The van der Waals surface area contributed by atoms with Crippen molar-refractivity contribution in [2.75, 3.05) is 13.1 Å². The summed E-state index contributed by atoms with van der Waals surface area (Å²) in [5.41, 5.74) is -32.3. The van der Waals surface area contributed by atoms with Crippen molar-refractivity contribution in [3.63, 3.8) is 0 Å². The normalized spacial score (nSPS) is 11.4. The predicted octanol–water partition coefficient (Wildman–Crippen LogP) is 25.7. The van der Waals surface area contributed by atoms with Gasteiger partial charge >= 0.3 is 41.7 Å². The van der Waals surface area contributed by atoms with E-state index in [1.165, 1.54) is 0 Å². The fraction of sp³-hybridized carbons (Fsp3) is 0.104. The Balaban J connectivity index is 0.000000327. The van der Waals surface area contributed by atoms with Gasteiger partial charge < -0.3 is 5.32 Å². The van der Waals surface area contributed by atoms with Crippen LogP contribution in [0.4, 0.5) is 246 Å². The van der Waals surface area contributed by atoms with Crippen LogP contribution in [-0.2, 0) is 15.9 Å². The Kier molecular flexibility index (Phi) is 34.4. The summed E-state index contributed by atoms with van der Waals surface area (Å²) < 4.78 is 754. The van der Waals surface area contributed by atoms with Gasteiger partial charge in [-0.1, -0.05) is 13.8 Å². The minimum atomic E-state index is -7.10. The summed E-state index contributed by atoms with van der Waals surface area (Å²) in [5, 5.41) is 3.11. The number of alkyl halides is 8. The summed E-state index contributed by atoms with van der Waals surface area (Å²) in [4.78, 5) is 0. The molecule has 0 heterocycles. The van der Waals surface area contributed by atoms with Crippen LogP contribution in [0.2, 0.25) is 0 Å². The standard InChI is InChI=1S/C15F16.4C12F10.C4H11N.Al.H2O.O/c16-5-2(6(17)10(21)12(23)9(5)20)1-3(13(24,25)15(29,30)31)7(18)11(22)8(19)4(1)14(26,27)28;4*13-3-1(4(14)8(18)11(21)7(3)17)2-5(15)9(19)12(22)10(20)6(2)16;1-3-5-4-2;;;/h;;;;;5H,3-4H2,1-2H3;;1H2;/q;;;;;;+1;;/p-1. The van der Waals surface area contributed by atoms with Crippen LogP contribution in [-0.4, -0.2) is 38.9 Å². The molecule has 0 aromatic heterocycles. The third-order valence-electron chi connectivity index (χ3n) is 14.9. The molecule has 127 heavy (non-hydrogen) atoms. The molecule has 10 aromatic carbocycles. The molecule has 0 saturated heterocycles. The molecule has 3 nitrogen and oxygen atoms in total. The van der Waals surface area contributed by atoms with Crippen molar-refractivity contribution >= 4 is 15.5 Å². The maximum atomic E-state index is 13.9. The van der Waals surface area contributed by atoms with Crippen molar-refractivity contribution in [1.82, 2.24) is 5.32 Å². The van der Waals surface area contributed by atoms with E-state index < -0.39 is 380 Å². The van der Waals surface area contributed by atoms with Gasteiger partial charge in [0.05, 0.1) is 55.6 Å². The van der Waals surface area contributed by atoms with Crippen LogP contribution in [0.15, 0.2) is 0 Å². The third-order valence-corrected chi connectivity index (χ3v) is 14.9. The van der Waals surface area contributed by atoms with E-state index in [1.54, 1.807) is 0 Å². The number of nitrogens with one attached hydrogen (secondary N) is 1. The Labute approximate surface area is 664 Å².